The summed E-state index contributed by atoms with van der Waals surface area (Å²) in [4.78, 5) is 7.73. The summed E-state index contributed by atoms with van der Waals surface area (Å²) in [6.07, 6.45) is 0. The van der Waals surface area contributed by atoms with Gasteiger partial charge in [0.15, 0.2) is 0 Å². The topological polar surface area (TPSA) is 37.9 Å². The number of aromatic amines is 1. The summed E-state index contributed by atoms with van der Waals surface area (Å²) in [5.41, 5.74) is 4.67. The van der Waals surface area contributed by atoms with Gasteiger partial charge in [-0.25, -0.2) is 4.98 Å². The first-order valence-corrected chi connectivity index (χ1v) is 5.24. The molecule has 1 aromatic carbocycles. The predicted molar refractivity (Wildman–Crippen MR) is 60.9 cm³/mol. The third kappa shape index (κ3) is 2.02. The van der Waals surface area contributed by atoms with Crippen molar-refractivity contribution in [2.75, 3.05) is 6.61 Å². The molecule has 0 radical (unpaired) electrons. The summed E-state index contributed by atoms with van der Waals surface area (Å²) in [6.45, 7) is 7.47. The van der Waals surface area contributed by atoms with E-state index in [0.29, 0.717) is 6.61 Å². The lowest BCUT2D eigenvalue weighted by molar-refractivity contribution is 0.129. The highest BCUT2D eigenvalue weighted by Gasteiger charge is 2.04. The Morgan fingerprint density at radius 1 is 1.27 bits per heavy atom. The molecule has 0 aliphatic rings. The Morgan fingerprint density at radius 2 is 2.00 bits per heavy atom. The van der Waals surface area contributed by atoms with Crippen LogP contribution in [0.15, 0.2) is 12.1 Å². The maximum absolute atomic E-state index is 5.32. The molecule has 2 aromatic rings. The van der Waals surface area contributed by atoms with Crippen molar-refractivity contribution in [3.63, 3.8) is 0 Å². The van der Waals surface area contributed by atoms with E-state index in [1.807, 2.05) is 6.92 Å². The molecule has 0 atom stereocenters. The van der Waals surface area contributed by atoms with Crippen LogP contribution in [0.2, 0.25) is 0 Å². The van der Waals surface area contributed by atoms with E-state index in [0.717, 1.165) is 23.5 Å². The SMILES string of the molecule is CCOCc1nc2cc(C)c(C)cc2[nH]1. The molecule has 80 valence electrons. The predicted octanol–water partition coefficient (Wildman–Crippen LogP) is 2.72. The molecule has 0 spiro atoms. The van der Waals surface area contributed by atoms with E-state index in [1.165, 1.54) is 11.1 Å². The van der Waals surface area contributed by atoms with Crippen LogP contribution in [0, 0.1) is 13.8 Å². The Hall–Kier alpha value is -1.35. The molecule has 0 aliphatic carbocycles. The minimum Gasteiger partial charge on any atom is -0.374 e. The summed E-state index contributed by atoms with van der Waals surface area (Å²) < 4.78 is 5.32. The molecular formula is C12H16N2O. The van der Waals surface area contributed by atoms with Gasteiger partial charge in [-0.2, -0.15) is 0 Å². The van der Waals surface area contributed by atoms with Crippen LogP contribution >= 0.6 is 0 Å². The molecule has 0 saturated heterocycles. The van der Waals surface area contributed by atoms with Gasteiger partial charge in [0.1, 0.15) is 12.4 Å². The second-order valence-corrected chi connectivity index (χ2v) is 3.77. The van der Waals surface area contributed by atoms with Crippen molar-refractivity contribution in [2.45, 2.75) is 27.4 Å². The highest BCUT2D eigenvalue weighted by molar-refractivity contribution is 5.77. The number of hydrogen-bond acceptors (Lipinski definition) is 2. The molecule has 3 heteroatoms. The Morgan fingerprint density at radius 3 is 2.73 bits per heavy atom. The van der Waals surface area contributed by atoms with Crippen LogP contribution < -0.4 is 0 Å². The van der Waals surface area contributed by atoms with Gasteiger partial charge in [-0.1, -0.05) is 0 Å². The molecule has 2 rings (SSSR count). The van der Waals surface area contributed by atoms with E-state index < -0.39 is 0 Å². The molecule has 0 saturated carbocycles. The second kappa shape index (κ2) is 4.03. The van der Waals surface area contributed by atoms with Crippen molar-refractivity contribution in [3.8, 4) is 0 Å². The normalized spacial score (nSPS) is 11.1. The molecule has 1 heterocycles. The number of ether oxygens (including phenoxy) is 1. The average Bonchev–Trinajstić information content (AvgIpc) is 2.58. The number of benzene rings is 1. The van der Waals surface area contributed by atoms with Crippen LogP contribution in [0.4, 0.5) is 0 Å². The summed E-state index contributed by atoms with van der Waals surface area (Å²) >= 11 is 0. The molecule has 0 amide bonds. The fraction of sp³-hybridized carbons (Fsp3) is 0.417. The van der Waals surface area contributed by atoms with Gasteiger partial charge in [0.25, 0.3) is 0 Å². The van der Waals surface area contributed by atoms with E-state index in [4.69, 9.17) is 4.74 Å². The van der Waals surface area contributed by atoms with E-state index in [1.54, 1.807) is 0 Å². The third-order valence-corrected chi connectivity index (χ3v) is 2.59. The zero-order valence-corrected chi connectivity index (χ0v) is 9.42. The molecule has 0 fully saturated rings. The van der Waals surface area contributed by atoms with E-state index in [9.17, 15) is 0 Å². The number of H-pyrrole nitrogens is 1. The maximum Gasteiger partial charge on any atom is 0.133 e. The average molecular weight is 204 g/mol. The Labute approximate surface area is 89.5 Å². The summed E-state index contributed by atoms with van der Waals surface area (Å²) in [5, 5.41) is 0. The van der Waals surface area contributed by atoms with Gasteiger partial charge < -0.3 is 9.72 Å². The molecule has 1 N–H and O–H groups in total. The van der Waals surface area contributed by atoms with E-state index >= 15 is 0 Å². The number of rotatable bonds is 3. The number of aryl methyl sites for hydroxylation is 2. The van der Waals surface area contributed by atoms with Gasteiger partial charge in [-0.3, -0.25) is 0 Å². The number of nitrogens with one attached hydrogen (secondary N) is 1. The molecule has 15 heavy (non-hydrogen) atoms. The van der Waals surface area contributed by atoms with Crippen molar-refractivity contribution in [1.29, 1.82) is 0 Å². The maximum atomic E-state index is 5.32. The van der Waals surface area contributed by atoms with Crippen molar-refractivity contribution < 1.29 is 4.74 Å². The van der Waals surface area contributed by atoms with Gasteiger partial charge in [0.2, 0.25) is 0 Å². The van der Waals surface area contributed by atoms with Crippen LogP contribution in [0.5, 0.6) is 0 Å². The highest BCUT2D eigenvalue weighted by atomic mass is 16.5. The lowest BCUT2D eigenvalue weighted by Gasteiger charge is -1.97. The fourth-order valence-electron chi connectivity index (χ4n) is 1.59. The molecule has 0 bridgehead atoms. The monoisotopic (exact) mass is 204 g/mol. The van der Waals surface area contributed by atoms with Crippen LogP contribution in [0.1, 0.15) is 23.9 Å². The minimum atomic E-state index is 0.559. The molecule has 1 aromatic heterocycles. The van der Waals surface area contributed by atoms with Crippen molar-refractivity contribution in [2.24, 2.45) is 0 Å². The highest BCUT2D eigenvalue weighted by Crippen LogP contribution is 2.17. The standard InChI is InChI=1S/C12H16N2O/c1-4-15-7-12-13-10-5-8(2)9(3)6-11(10)14-12/h5-6H,4,7H2,1-3H3,(H,13,14). The van der Waals surface area contributed by atoms with Crippen molar-refractivity contribution in [1.82, 2.24) is 9.97 Å². The smallest absolute Gasteiger partial charge is 0.133 e. The van der Waals surface area contributed by atoms with Crippen LogP contribution in [-0.4, -0.2) is 16.6 Å². The zero-order valence-electron chi connectivity index (χ0n) is 9.42. The lowest BCUT2D eigenvalue weighted by Crippen LogP contribution is -1.93. The molecule has 0 aliphatic heterocycles. The van der Waals surface area contributed by atoms with E-state index in [-0.39, 0.29) is 0 Å². The van der Waals surface area contributed by atoms with E-state index in [2.05, 4.69) is 35.9 Å². The fourth-order valence-corrected chi connectivity index (χ4v) is 1.59. The van der Waals surface area contributed by atoms with Gasteiger partial charge in [0.05, 0.1) is 11.0 Å². The Balaban J connectivity index is 2.38. The Bertz CT molecular complexity index is 435. The Kier molecular flexibility index (Phi) is 2.73. The quantitative estimate of drug-likeness (QED) is 0.834. The van der Waals surface area contributed by atoms with Gasteiger partial charge in [-0.05, 0) is 44.0 Å². The first-order valence-electron chi connectivity index (χ1n) is 5.24. The largest absolute Gasteiger partial charge is 0.374 e. The summed E-state index contributed by atoms with van der Waals surface area (Å²) in [5.74, 6) is 0.900. The van der Waals surface area contributed by atoms with Gasteiger partial charge in [-0.15, -0.1) is 0 Å². The lowest BCUT2D eigenvalue weighted by atomic mass is 10.1. The van der Waals surface area contributed by atoms with Crippen molar-refractivity contribution >= 4 is 11.0 Å². The minimum absolute atomic E-state index is 0.559. The van der Waals surface area contributed by atoms with Gasteiger partial charge >= 0.3 is 0 Å². The number of nitrogens with zero attached hydrogens (tertiary/aromatic N) is 1. The first kappa shape index (κ1) is 10.2. The van der Waals surface area contributed by atoms with Crippen LogP contribution in [0.25, 0.3) is 11.0 Å². The number of hydrogen-bond donors (Lipinski definition) is 1. The van der Waals surface area contributed by atoms with Crippen molar-refractivity contribution in [3.05, 3.63) is 29.1 Å². The van der Waals surface area contributed by atoms with Crippen LogP contribution in [-0.2, 0) is 11.3 Å². The zero-order chi connectivity index (χ0) is 10.8. The van der Waals surface area contributed by atoms with Crippen LogP contribution in [0.3, 0.4) is 0 Å². The molecule has 0 unspecified atom stereocenters. The number of imidazole rings is 1. The number of fused-ring (bicyclic) bond motifs is 1. The number of aromatic nitrogens is 2. The summed E-state index contributed by atoms with van der Waals surface area (Å²) in [6, 6.07) is 4.24. The molecule has 3 nitrogen and oxygen atoms in total. The van der Waals surface area contributed by atoms with Gasteiger partial charge in [0, 0.05) is 6.61 Å². The first-order chi connectivity index (χ1) is 7.20. The summed E-state index contributed by atoms with van der Waals surface area (Å²) in [7, 11) is 0. The molecular weight excluding hydrogens is 188 g/mol. The third-order valence-electron chi connectivity index (χ3n) is 2.59. The second-order valence-electron chi connectivity index (χ2n) is 3.77.